The number of hydrazone groups is 1. The SMILES string of the molecule is O=C1C2=N[N+]3=NN=NC3N=C2c2cc3ccccc3cc21. The van der Waals surface area contributed by atoms with E-state index in [4.69, 9.17) is 0 Å². The predicted octanol–water partition coefficient (Wildman–Crippen LogP) is 2.32. The Balaban J connectivity index is 1.82. The maximum atomic E-state index is 12.5. The van der Waals surface area contributed by atoms with Gasteiger partial charge < -0.3 is 0 Å². The summed E-state index contributed by atoms with van der Waals surface area (Å²) in [7, 11) is 0. The number of rotatable bonds is 0. The maximum absolute atomic E-state index is 12.5. The van der Waals surface area contributed by atoms with Crippen molar-refractivity contribution in [2.45, 2.75) is 6.29 Å². The Bertz CT molecular complexity index is 969. The molecule has 0 fully saturated rings. The van der Waals surface area contributed by atoms with Crippen LogP contribution in [0.15, 0.2) is 62.1 Å². The molecule has 0 aromatic heterocycles. The Kier molecular flexibility index (Phi) is 1.78. The van der Waals surface area contributed by atoms with Crippen LogP contribution in [0.25, 0.3) is 10.8 Å². The van der Waals surface area contributed by atoms with Gasteiger partial charge in [-0.05, 0) is 22.9 Å². The number of carbonyl (C=O) groups is 1. The summed E-state index contributed by atoms with van der Waals surface area (Å²) < 4.78 is 0. The zero-order valence-corrected chi connectivity index (χ0v) is 10.6. The molecule has 0 amide bonds. The Morgan fingerprint density at radius 2 is 1.76 bits per heavy atom. The normalized spacial score (nSPS) is 21.6. The molecule has 2 heterocycles. The van der Waals surface area contributed by atoms with E-state index in [9.17, 15) is 4.79 Å². The zero-order valence-electron chi connectivity index (χ0n) is 10.6. The number of fused-ring (bicyclic) bond motifs is 5. The largest absolute Gasteiger partial charge is 0.374 e. The van der Waals surface area contributed by atoms with Crippen molar-refractivity contribution in [3.8, 4) is 0 Å². The average Bonchev–Trinajstić information content (AvgIpc) is 3.08. The van der Waals surface area contributed by atoms with Gasteiger partial charge in [-0.1, -0.05) is 29.4 Å². The van der Waals surface area contributed by atoms with Gasteiger partial charge in [0.1, 0.15) is 5.71 Å². The molecular weight excluding hydrogens is 268 g/mol. The standard InChI is InChI=1S/C14H7N6O/c21-13-10-6-8-4-2-1-3-7(8)5-9(10)11-12(13)17-20-14(15-11)16-18-19-20/h1-6,14H/q+1. The lowest BCUT2D eigenvalue weighted by atomic mass is 10.0. The molecular formula is C14H7N6O+. The van der Waals surface area contributed by atoms with Gasteiger partial charge in [0.15, 0.2) is 10.9 Å². The molecule has 1 aliphatic carbocycles. The molecule has 1 unspecified atom stereocenters. The van der Waals surface area contributed by atoms with Crippen molar-refractivity contribution < 1.29 is 9.60 Å². The lowest BCUT2D eigenvalue weighted by molar-refractivity contribution is -0.623. The number of ketones is 1. The first-order valence-corrected chi connectivity index (χ1v) is 6.46. The molecule has 0 radical (unpaired) electrons. The molecule has 2 aromatic carbocycles. The fraction of sp³-hybridized carbons (Fsp3) is 0.0714. The van der Waals surface area contributed by atoms with Gasteiger partial charge >= 0.3 is 6.29 Å². The number of hydrogen-bond donors (Lipinski definition) is 0. The van der Waals surface area contributed by atoms with Crippen LogP contribution in [0.4, 0.5) is 0 Å². The van der Waals surface area contributed by atoms with E-state index in [0.29, 0.717) is 17.0 Å². The third-order valence-corrected chi connectivity index (χ3v) is 3.77. The fourth-order valence-electron chi connectivity index (χ4n) is 2.78. The van der Waals surface area contributed by atoms with E-state index in [1.54, 1.807) is 0 Å². The van der Waals surface area contributed by atoms with Crippen LogP contribution in [0.3, 0.4) is 0 Å². The number of aliphatic imine (C=N–C) groups is 1. The van der Waals surface area contributed by atoms with Gasteiger partial charge in [-0.3, -0.25) is 4.79 Å². The summed E-state index contributed by atoms with van der Waals surface area (Å²) >= 11 is 0. The van der Waals surface area contributed by atoms with Crippen LogP contribution >= 0.6 is 0 Å². The summed E-state index contributed by atoms with van der Waals surface area (Å²) in [5.74, 6) is -0.130. The lowest BCUT2D eigenvalue weighted by Crippen LogP contribution is -2.28. The van der Waals surface area contributed by atoms with E-state index < -0.39 is 6.29 Å². The molecule has 2 aliphatic heterocycles. The number of carbonyl (C=O) groups excluding carboxylic acids is 1. The molecule has 98 valence electrons. The minimum Gasteiger partial charge on any atom is -0.287 e. The topological polar surface area (TPSA) is 81.9 Å². The highest BCUT2D eigenvalue weighted by atomic mass is 16.1. The van der Waals surface area contributed by atoms with Crippen LogP contribution in [0.2, 0.25) is 0 Å². The third kappa shape index (κ3) is 1.29. The first kappa shape index (κ1) is 10.7. The summed E-state index contributed by atoms with van der Waals surface area (Å²) in [6.45, 7) is 0. The van der Waals surface area contributed by atoms with Crippen LogP contribution in [0.5, 0.6) is 0 Å². The van der Waals surface area contributed by atoms with Crippen LogP contribution in [-0.4, -0.2) is 28.3 Å². The molecule has 21 heavy (non-hydrogen) atoms. The molecule has 1 atom stereocenters. The molecule has 7 heteroatoms. The maximum Gasteiger partial charge on any atom is 0.374 e. The van der Waals surface area contributed by atoms with E-state index in [0.717, 1.165) is 16.3 Å². The minimum absolute atomic E-state index is 0.130. The highest BCUT2D eigenvalue weighted by molar-refractivity contribution is 6.78. The minimum atomic E-state index is -0.589. The summed E-state index contributed by atoms with van der Waals surface area (Å²) in [5, 5.41) is 17.4. The smallest absolute Gasteiger partial charge is 0.287 e. The van der Waals surface area contributed by atoms with Gasteiger partial charge in [-0.25, -0.2) is 4.99 Å². The number of nitrogens with zero attached hydrogens (tertiary/aromatic N) is 6. The molecule has 0 bridgehead atoms. The third-order valence-electron chi connectivity index (χ3n) is 3.77. The van der Waals surface area contributed by atoms with Crippen LogP contribution in [-0.2, 0) is 0 Å². The molecule has 0 N–H and O–H groups in total. The van der Waals surface area contributed by atoms with Gasteiger partial charge in [0.05, 0.1) is 0 Å². The number of Topliss-reactive ketones (excluding diaryl/α,β-unsaturated/α-hetero) is 1. The lowest BCUT2D eigenvalue weighted by Gasteiger charge is -2.06. The molecule has 0 spiro atoms. The Hall–Kier alpha value is -3.09. The van der Waals surface area contributed by atoms with Crippen molar-refractivity contribution in [3.05, 3.63) is 47.5 Å². The van der Waals surface area contributed by atoms with Crippen molar-refractivity contribution in [2.24, 2.45) is 25.7 Å². The average molecular weight is 275 g/mol. The summed E-state index contributed by atoms with van der Waals surface area (Å²) in [5.41, 5.74) is 2.33. The molecule has 0 saturated heterocycles. The highest BCUT2D eigenvalue weighted by Crippen LogP contribution is 2.29. The number of benzene rings is 2. The van der Waals surface area contributed by atoms with E-state index in [2.05, 4.69) is 25.7 Å². The van der Waals surface area contributed by atoms with Crippen LogP contribution < -0.4 is 0 Å². The summed E-state index contributed by atoms with van der Waals surface area (Å²) in [6, 6.07) is 11.8. The van der Waals surface area contributed by atoms with E-state index in [1.807, 2.05) is 36.4 Å². The second-order valence-electron chi connectivity index (χ2n) is 4.96. The molecule has 7 nitrogen and oxygen atoms in total. The van der Waals surface area contributed by atoms with E-state index >= 15 is 0 Å². The van der Waals surface area contributed by atoms with Crippen molar-refractivity contribution in [1.29, 1.82) is 0 Å². The highest BCUT2D eigenvalue weighted by Gasteiger charge is 2.42. The van der Waals surface area contributed by atoms with Crippen LogP contribution in [0.1, 0.15) is 15.9 Å². The van der Waals surface area contributed by atoms with Crippen molar-refractivity contribution in [3.63, 3.8) is 0 Å². The Morgan fingerprint density at radius 3 is 2.57 bits per heavy atom. The molecule has 5 rings (SSSR count). The number of hydrogen-bond acceptors (Lipinski definition) is 6. The molecule has 3 aliphatic rings. The monoisotopic (exact) mass is 275 g/mol. The fourth-order valence-corrected chi connectivity index (χ4v) is 2.78. The summed E-state index contributed by atoms with van der Waals surface area (Å²) in [6.07, 6.45) is -0.589. The Labute approximate surface area is 118 Å². The van der Waals surface area contributed by atoms with Crippen molar-refractivity contribution >= 4 is 28.0 Å². The van der Waals surface area contributed by atoms with E-state index in [-0.39, 0.29) is 5.78 Å². The van der Waals surface area contributed by atoms with Crippen molar-refractivity contribution in [1.82, 2.24) is 0 Å². The first-order valence-electron chi connectivity index (χ1n) is 6.46. The van der Waals surface area contributed by atoms with Gasteiger partial charge in [0, 0.05) is 21.0 Å². The Morgan fingerprint density at radius 1 is 1.00 bits per heavy atom. The van der Waals surface area contributed by atoms with Gasteiger partial charge in [-0.2, -0.15) is 0 Å². The first-order chi connectivity index (χ1) is 10.3. The second kappa shape index (κ2) is 3.51. The quantitative estimate of drug-likeness (QED) is 0.679. The molecule has 0 saturated carbocycles. The second-order valence-corrected chi connectivity index (χ2v) is 4.96. The van der Waals surface area contributed by atoms with Crippen LogP contribution in [0, 0.1) is 0 Å². The van der Waals surface area contributed by atoms with E-state index in [1.165, 1.54) is 4.81 Å². The zero-order chi connectivity index (χ0) is 14.0. The van der Waals surface area contributed by atoms with Crippen molar-refractivity contribution in [2.75, 3.05) is 0 Å². The predicted molar refractivity (Wildman–Crippen MR) is 73.6 cm³/mol. The van der Waals surface area contributed by atoms with Gasteiger partial charge in [0.25, 0.3) is 0 Å². The van der Waals surface area contributed by atoms with Gasteiger partial charge in [0.2, 0.25) is 11.0 Å². The molecule has 2 aromatic rings. The van der Waals surface area contributed by atoms with Gasteiger partial charge in [-0.15, -0.1) is 0 Å². The summed E-state index contributed by atoms with van der Waals surface area (Å²) in [4.78, 5) is 18.2.